The number of halogens is 3. The molecule has 6 heteroatoms. The fraction of sp³-hybridized carbons (Fsp3) is 0.600. The van der Waals surface area contributed by atoms with E-state index in [0.717, 1.165) is 26.1 Å². The van der Waals surface area contributed by atoms with Crippen molar-refractivity contribution < 1.29 is 17.9 Å². The lowest BCUT2D eigenvalue weighted by Gasteiger charge is -2.24. The molecule has 1 aromatic rings. The van der Waals surface area contributed by atoms with Crippen LogP contribution in [0, 0.1) is 0 Å². The molecule has 1 atom stereocenters. The van der Waals surface area contributed by atoms with Crippen molar-refractivity contribution in [2.75, 3.05) is 39.4 Å². The molecule has 0 aliphatic carbocycles. The van der Waals surface area contributed by atoms with Crippen LogP contribution in [0.4, 0.5) is 13.2 Å². The maximum absolute atomic E-state index is 12.0. The fourth-order valence-electron chi connectivity index (χ4n) is 2.49. The van der Waals surface area contributed by atoms with Crippen molar-refractivity contribution in [3.8, 4) is 0 Å². The van der Waals surface area contributed by atoms with Crippen molar-refractivity contribution in [3.05, 3.63) is 35.9 Å². The van der Waals surface area contributed by atoms with E-state index in [1.807, 2.05) is 18.2 Å². The highest BCUT2D eigenvalue weighted by molar-refractivity contribution is 5.19. The molecule has 118 valence electrons. The Morgan fingerprint density at radius 1 is 1.24 bits per heavy atom. The average molecular weight is 302 g/mol. The molecule has 0 saturated carbocycles. The van der Waals surface area contributed by atoms with E-state index >= 15 is 0 Å². The van der Waals surface area contributed by atoms with Crippen LogP contribution in [0.5, 0.6) is 0 Å². The first-order valence-electron chi connectivity index (χ1n) is 7.20. The van der Waals surface area contributed by atoms with Gasteiger partial charge >= 0.3 is 6.18 Å². The number of nitrogens with one attached hydrogen (secondary N) is 1. The van der Waals surface area contributed by atoms with E-state index in [9.17, 15) is 13.2 Å². The Hall–Kier alpha value is -1.11. The summed E-state index contributed by atoms with van der Waals surface area (Å²) < 4.78 is 40.8. The highest BCUT2D eigenvalue weighted by Crippen LogP contribution is 2.17. The second-order valence-corrected chi connectivity index (χ2v) is 5.24. The summed E-state index contributed by atoms with van der Waals surface area (Å²) in [5, 5.41) is 3.48. The van der Waals surface area contributed by atoms with Crippen molar-refractivity contribution in [2.24, 2.45) is 0 Å². The summed E-state index contributed by atoms with van der Waals surface area (Å²) in [7, 11) is 0. The van der Waals surface area contributed by atoms with Gasteiger partial charge in [0.05, 0.1) is 6.61 Å². The summed E-state index contributed by atoms with van der Waals surface area (Å²) in [6, 6.07) is 10.3. The Bertz CT molecular complexity index is 411. The maximum atomic E-state index is 12.0. The van der Waals surface area contributed by atoms with E-state index in [-0.39, 0.29) is 12.6 Å². The molecule has 3 nitrogen and oxygen atoms in total. The fourth-order valence-corrected chi connectivity index (χ4v) is 2.49. The minimum absolute atomic E-state index is 0.112. The molecule has 0 bridgehead atoms. The zero-order valence-electron chi connectivity index (χ0n) is 11.9. The first-order valence-corrected chi connectivity index (χ1v) is 7.20. The molecule has 1 aromatic carbocycles. The van der Waals surface area contributed by atoms with Gasteiger partial charge in [-0.25, -0.2) is 0 Å². The van der Waals surface area contributed by atoms with Gasteiger partial charge in [-0.1, -0.05) is 30.3 Å². The largest absolute Gasteiger partial charge is 0.411 e. The molecular weight excluding hydrogens is 281 g/mol. The molecule has 1 fully saturated rings. The van der Waals surface area contributed by atoms with Gasteiger partial charge < -0.3 is 10.1 Å². The van der Waals surface area contributed by atoms with Gasteiger partial charge in [-0.15, -0.1) is 0 Å². The van der Waals surface area contributed by atoms with Gasteiger partial charge in [0.25, 0.3) is 0 Å². The number of nitrogens with zero attached hydrogens (tertiary/aromatic N) is 1. The third-order valence-electron chi connectivity index (χ3n) is 3.50. The third kappa shape index (κ3) is 6.03. The molecular formula is C15H21F3N2O. The van der Waals surface area contributed by atoms with Gasteiger partial charge in [-0.05, 0) is 25.1 Å². The van der Waals surface area contributed by atoms with Crippen molar-refractivity contribution in [3.63, 3.8) is 0 Å². The van der Waals surface area contributed by atoms with Crippen LogP contribution in [0.15, 0.2) is 30.3 Å². The smallest absolute Gasteiger partial charge is 0.371 e. The predicted molar refractivity (Wildman–Crippen MR) is 75.1 cm³/mol. The molecule has 1 aliphatic heterocycles. The quantitative estimate of drug-likeness (QED) is 0.846. The second-order valence-electron chi connectivity index (χ2n) is 5.24. The van der Waals surface area contributed by atoms with Crippen LogP contribution < -0.4 is 5.32 Å². The van der Waals surface area contributed by atoms with Crippen LogP contribution in [0.1, 0.15) is 18.0 Å². The van der Waals surface area contributed by atoms with Crippen molar-refractivity contribution >= 4 is 0 Å². The molecule has 0 amide bonds. The van der Waals surface area contributed by atoms with Crippen molar-refractivity contribution in [1.29, 1.82) is 0 Å². The van der Waals surface area contributed by atoms with Crippen LogP contribution in [-0.4, -0.2) is 50.5 Å². The molecule has 1 N–H and O–H groups in total. The second kappa shape index (κ2) is 7.77. The summed E-state index contributed by atoms with van der Waals surface area (Å²) in [4.78, 5) is 2.16. The molecule has 1 unspecified atom stereocenters. The number of ether oxygens (including phenoxy) is 1. The zero-order valence-corrected chi connectivity index (χ0v) is 11.9. The van der Waals surface area contributed by atoms with Crippen LogP contribution in [0.25, 0.3) is 0 Å². The molecule has 0 radical (unpaired) electrons. The molecule has 21 heavy (non-hydrogen) atoms. The SMILES string of the molecule is FC(F)(F)COCCN1CCCNC(c2ccccc2)C1. The van der Waals surface area contributed by atoms with Crippen molar-refractivity contribution in [2.45, 2.75) is 18.6 Å². The van der Waals surface area contributed by atoms with Crippen molar-refractivity contribution in [1.82, 2.24) is 10.2 Å². The van der Waals surface area contributed by atoms with Crippen LogP contribution in [-0.2, 0) is 4.74 Å². The van der Waals surface area contributed by atoms with E-state index in [2.05, 4.69) is 22.3 Å². The molecule has 1 saturated heterocycles. The molecule has 0 spiro atoms. The lowest BCUT2D eigenvalue weighted by atomic mass is 10.1. The van der Waals surface area contributed by atoms with Crippen LogP contribution >= 0.6 is 0 Å². The zero-order chi connectivity index (χ0) is 15.1. The summed E-state index contributed by atoms with van der Waals surface area (Å²) in [5.74, 6) is 0. The first kappa shape index (κ1) is 16.3. The topological polar surface area (TPSA) is 24.5 Å². The molecule has 0 aromatic heterocycles. The highest BCUT2D eigenvalue weighted by atomic mass is 19.4. The van der Waals surface area contributed by atoms with E-state index in [1.165, 1.54) is 5.56 Å². The molecule has 1 aliphatic rings. The average Bonchev–Trinajstić information content (AvgIpc) is 2.69. The van der Waals surface area contributed by atoms with Gasteiger partial charge in [-0.2, -0.15) is 13.2 Å². The van der Waals surface area contributed by atoms with E-state index < -0.39 is 12.8 Å². The number of benzene rings is 1. The Morgan fingerprint density at radius 2 is 2.00 bits per heavy atom. The highest BCUT2D eigenvalue weighted by Gasteiger charge is 2.27. The predicted octanol–water partition coefficient (Wildman–Crippen LogP) is 2.60. The Kier molecular flexibility index (Phi) is 6.02. The summed E-state index contributed by atoms with van der Waals surface area (Å²) in [5.41, 5.74) is 1.21. The standard InChI is InChI=1S/C15H21F3N2O/c16-15(17,18)12-21-10-9-20-8-4-7-19-14(11-20)13-5-2-1-3-6-13/h1-3,5-6,14,19H,4,7-12H2. The normalized spacial score (nSPS) is 21.2. The summed E-state index contributed by atoms with van der Waals surface area (Å²) in [6.07, 6.45) is -3.25. The van der Waals surface area contributed by atoms with Crippen LogP contribution in [0.3, 0.4) is 0 Å². The lowest BCUT2D eigenvalue weighted by Crippen LogP contribution is -2.34. The number of hydrogen-bond donors (Lipinski definition) is 1. The Morgan fingerprint density at radius 3 is 2.71 bits per heavy atom. The summed E-state index contributed by atoms with van der Waals surface area (Å²) >= 11 is 0. The maximum Gasteiger partial charge on any atom is 0.411 e. The Balaban J connectivity index is 1.80. The minimum atomic E-state index is -4.24. The summed E-state index contributed by atoms with van der Waals surface area (Å²) in [6.45, 7) is 2.06. The first-order chi connectivity index (χ1) is 10.0. The number of alkyl halides is 3. The van der Waals surface area contributed by atoms with E-state index in [1.54, 1.807) is 0 Å². The number of hydrogen-bond acceptors (Lipinski definition) is 3. The monoisotopic (exact) mass is 302 g/mol. The lowest BCUT2D eigenvalue weighted by molar-refractivity contribution is -0.174. The minimum Gasteiger partial charge on any atom is -0.371 e. The van der Waals surface area contributed by atoms with Crippen LogP contribution in [0.2, 0.25) is 0 Å². The van der Waals surface area contributed by atoms with Gasteiger partial charge in [-0.3, -0.25) is 4.90 Å². The van der Waals surface area contributed by atoms with Gasteiger partial charge in [0.1, 0.15) is 6.61 Å². The number of rotatable bonds is 5. The van der Waals surface area contributed by atoms with Gasteiger partial charge in [0.15, 0.2) is 0 Å². The van der Waals surface area contributed by atoms with E-state index in [4.69, 9.17) is 4.74 Å². The third-order valence-corrected chi connectivity index (χ3v) is 3.50. The van der Waals surface area contributed by atoms with Gasteiger partial charge in [0.2, 0.25) is 0 Å². The molecule has 2 rings (SSSR count). The van der Waals surface area contributed by atoms with E-state index in [0.29, 0.717) is 6.54 Å². The molecule has 1 heterocycles. The Labute approximate surface area is 123 Å². The van der Waals surface area contributed by atoms with Gasteiger partial charge in [0, 0.05) is 19.1 Å².